The Morgan fingerprint density at radius 2 is 0.808 bits per heavy atom. The van der Waals surface area contributed by atoms with E-state index in [1.165, 1.54) is 83.1 Å². The van der Waals surface area contributed by atoms with Crippen LogP contribution >= 0.6 is 15.2 Å². The van der Waals surface area contributed by atoms with Crippen LogP contribution in [-0.4, -0.2) is 46.6 Å². The van der Waals surface area contributed by atoms with Crippen molar-refractivity contribution in [2.24, 2.45) is 5.41 Å². The molecule has 0 aliphatic heterocycles. The van der Waals surface area contributed by atoms with Gasteiger partial charge in [0.25, 0.3) is 0 Å². The fraction of sp³-hybridized carbons (Fsp3) is 0.611. The highest BCUT2D eigenvalue weighted by Gasteiger charge is 2.59. The van der Waals surface area contributed by atoms with Gasteiger partial charge in [0.15, 0.2) is 5.41 Å². The second-order valence-corrected chi connectivity index (χ2v) is 20.4. The minimum atomic E-state index is -5.16. The third-order valence-corrected chi connectivity index (χ3v) is 11.9. The minimum Gasteiger partial charge on any atom is -0.480 e. The van der Waals surface area contributed by atoms with Crippen molar-refractivity contribution < 1.29 is 64.2 Å². The van der Waals surface area contributed by atoms with Gasteiger partial charge in [0.05, 0.1) is 29.5 Å². The Balaban J connectivity index is 2.56. The summed E-state index contributed by atoms with van der Waals surface area (Å²) in [7, 11) is -9.35. The maximum absolute atomic E-state index is 15.9. The number of halogens is 4. The number of hydrogen-bond donors (Lipinski definition) is 1. The first kappa shape index (κ1) is 45.6. The third kappa shape index (κ3) is 11.2. The lowest BCUT2D eigenvalue weighted by molar-refractivity contribution is -0.167. The summed E-state index contributed by atoms with van der Waals surface area (Å²) < 4.78 is 117. The van der Waals surface area contributed by atoms with Crippen molar-refractivity contribution in [1.82, 2.24) is 0 Å². The number of ether oxygens (including phenoxy) is 1. The van der Waals surface area contributed by atoms with Gasteiger partial charge in [-0.2, -0.15) is 17.6 Å². The van der Waals surface area contributed by atoms with E-state index < -0.39 is 90.2 Å². The number of benzene rings is 2. The van der Waals surface area contributed by atoms with Gasteiger partial charge in [0, 0.05) is 11.1 Å². The summed E-state index contributed by atoms with van der Waals surface area (Å²) >= 11 is 0. The van der Waals surface area contributed by atoms with Gasteiger partial charge >= 0.3 is 38.5 Å². The zero-order valence-electron chi connectivity index (χ0n) is 32.1. The largest absolute Gasteiger partial charge is 0.480 e. The summed E-state index contributed by atoms with van der Waals surface area (Å²) in [6.45, 7) is 17.4. The summed E-state index contributed by atoms with van der Waals surface area (Å²) in [5, 5.41) is 10.4. The summed E-state index contributed by atoms with van der Waals surface area (Å²) in [6, 6.07) is 8.30. The number of alkyl halides is 4. The molecule has 0 saturated heterocycles. The molecule has 0 spiro atoms. The van der Waals surface area contributed by atoms with E-state index in [0.717, 1.165) is 55.6 Å². The monoisotopic (exact) mass is 782 g/mol. The molecule has 16 heteroatoms. The summed E-state index contributed by atoms with van der Waals surface area (Å²) in [5.41, 5.74) is -17.0. The first-order chi connectivity index (χ1) is 23.1. The predicted molar refractivity (Wildman–Crippen MR) is 189 cm³/mol. The van der Waals surface area contributed by atoms with Gasteiger partial charge in [-0.15, -0.1) is 0 Å². The minimum absolute atomic E-state index is 0.110. The van der Waals surface area contributed by atoms with Crippen molar-refractivity contribution in [3.05, 3.63) is 70.8 Å². The average molecular weight is 783 g/mol. The van der Waals surface area contributed by atoms with Gasteiger partial charge in [-0.3, -0.25) is 36.8 Å². The molecule has 10 nitrogen and oxygen atoms in total. The standard InChI is InChI=1S/C36H52F4O10P2/c1-30(2,3)47-51(44,48-31(4,5)6)35(37,38)26-18-14-24(15-19-26)22-34(28(41)42,29(43)46-13)23-25-16-20-27(21-17-25)36(39,40)52(45,49-32(7,8)9)50-33(10,11)12/h14-21H,22-23H2,1-13H3,(H,41,42). The van der Waals surface area contributed by atoms with Crippen molar-refractivity contribution in [2.45, 2.75) is 130 Å². The first-order valence-corrected chi connectivity index (χ1v) is 19.5. The molecule has 0 bridgehead atoms. The fourth-order valence-corrected chi connectivity index (χ4v) is 9.36. The van der Waals surface area contributed by atoms with E-state index in [9.17, 15) is 23.8 Å². The smallest absolute Gasteiger partial charge is 0.405 e. The van der Waals surface area contributed by atoms with E-state index >= 15 is 17.6 Å². The van der Waals surface area contributed by atoms with E-state index in [-0.39, 0.29) is 11.1 Å². The number of hydrogen-bond acceptors (Lipinski definition) is 9. The zero-order chi connectivity index (χ0) is 40.6. The molecule has 0 amide bonds. The molecule has 0 aliphatic rings. The van der Waals surface area contributed by atoms with E-state index in [1.807, 2.05) is 0 Å². The molecule has 52 heavy (non-hydrogen) atoms. The van der Waals surface area contributed by atoms with E-state index in [4.69, 9.17) is 22.8 Å². The molecular weight excluding hydrogens is 730 g/mol. The number of carboxylic acids is 1. The molecule has 2 aromatic carbocycles. The topological polar surface area (TPSA) is 135 Å². The average Bonchev–Trinajstić information content (AvgIpc) is 2.92. The molecule has 2 aromatic rings. The van der Waals surface area contributed by atoms with Crippen LogP contribution in [0.25, 0.3) is 0 Å². The lowest BCUT2D eigenvalue weighted by Gasteiger charge is -2.36. The van der Waals surface area contributed by atoms with Crippen molar-refractivity contribution >= 4 is 27.1 Å². The number of carbonyl (C=O) groups excluding carboxylic acids is 1. The Morgan fingerprint density at radius 3 is 1.00 bits per heavy atom. The molecule has 2 rings (SSSR count). The Labute approximate surface area is 304 Å². The van der Waals surface area contributed by atoms with Crippen LogP contribution in [-0.2, 0) is 65.7 Å². The first-order valence-electron chi connectivity index (χ1n) is 16.4. The summed E-state index contributed by atoms with van der Waals surface area (Å²) in [5.74, 6) is -2.82. The molecule has 0 aliphatic carbocycles. The van der Waals surface area contributed by atoms with E-state index in [2.05, 4.69) is 0 Å². The van der Waals surface area contributed by atoms with Crippen LogP contribution in [0.3, 0.4) is 0 Å². The predicted octanol–water partition coefficient (Wildman–Crippen LogP) is 10.5. The molecule has 0 aromatic heterocycles. The number of carbonyl (C=O) groups is 2. The maximum Gasteiger partial charge on any atom is 0.405 e. The third-order valence-electron chi connectivity index (χ3n) is 6.86. The quantitative estimate of drug-likeness (QED) is 0.0854. The van der Waals surface area contributed by atoms with Crippen molar-refractivity contribution in [2.75, 3.05) is 7.11 Å². The van der Waals surface area contributed by atoms with Crippen LogP contribution in [0.5, 0.6) is 0 Å². The molecule has 1 N–H and O–H groups in total. The van der Waals surface area contributed by atoms with Crippen LogP contribution in [0.15, 0.2) is 48.5 Å². The van der Waals surface area contributed by atoms with Gasteiger partial charge in [-0.1, -0.05) is 48.5 Å². The summed E-state index contributed by atoms with van der Waals surface area (Å²) in [6.07, 6.45) is -1.14. The lowest BCUT2D eigenvalue weighted by Crippen LogP contribution is -2.44. The van der Waals surface area contributed by atoms with Gasteiger partial charge in [0.2, 0.25) is 0 Å². The maximum atomic E-state index is 15.9. The highest BCUT2D eigenvalue weighted by molar-refractivity contribution is 7.55. The molecule has 294 valence electrons. The van der Waals surface area contributed by atoms with E-state index in [0.29, 0.717) is 0 Å². The van der Waals surface area contributed by atoms with Gasteiger partial charge in [0.1, 0.15) is 0 Å². The van der Waals surface area contributed by atoms with Crippen LogP contribution in [0, 0.1) is 5.41 Å². The van der Waals surface area contributed by atoms with Gasteiger partial charge < -0.3 is 9.84 Å². The highest BCUT2D eigenvalue weighted by Crippen LogP contribution is 2.71. The number of rotatable bonds is 14. The fourth-order valence-electron chi connectivity index (χ4n) is 5.01. The Hall–Kier alpha value is -2.60. The van der Waals surface area contributed by atoms with Gasteiger partial charge in [-0.25, -0.2) is 0 Å². The second-order valence-electron chi connectivity index (χ2n) is 16.5. The van der Waals surface area contributed by atoms with Crippen LogP contribution in [0.1, 0.15) is 105 Å². The molecule has 0 fully saturated rings. The summed E-state index contributed by atoms with van der Waals surface area (Å²) in [4.78, 5) is 25.9. The highest BCUT2D eigenvalue weighted by atomic mass is 31.2. The Kier molecular flexibility index (Phi) is 13.4. The number of carboxylic acid groups (broad SMARTS) is 1. The second kappa shape index (κ2) is 15.3. The molecule has 0 unspecified atom stereocenters. The molecule has 0 atom stereocenters. The van der Waals surface area contributed by atoms with E-state index in [1.54, 1.807) is 0 Å². The van der Waals surface area contributed by atoms with Crippen LogP contribution in [0.4, 0.5) is 17.6 Å². The van der Waals surface area contributed by atoms with Crippen molar-refractivity contribution in [3.8, 4) is 0 Å². The Bertz CT molecular complexity index is 1520. The molecule has 0 heterocycles. The molecule has 0 radical (unpaired) electrons. The van der Waals surface area contributed by atoms with Crippen LogP contribution in [0.2, 0.25) is 0 Å². The molecule has 0 saturated carbocycles. The number of esters is 1. The number of aliphatic carboxylic acids is 1. The Morgan fingerprint density at radius 1 is 0.558 bits per heavy atom. The van der Waals surface area contributed by atoms with Crippen molar-refractivity contribution in [3.63, 3.8) is 0 Å². The molecular formula is C36H52F4O10P2. The number of methoxy groups -OCH3 is 1. The van der Waals surface area contributed by atoms with Crippen molar-refractivity contribution in [1.29, 1.82) is 0 Å². The lowest BCUT2D eigenvalue weighted by atomic mass is 9.76. The zero-order valence-corrected chi connectivity index (χ0v) is 33.8. The normalized spacial score (nSPS) is 14.3. The van der Waals surface area contributed by atoms with Gasteiger partial charge in [-0.05, 0) is 107 Å². The van der Waals surface area contributed by atoms with Crippen LogP contribution < -0.4 is 0 Å². The SMILES string of the molecule is COC(=O)C(Cc1ccc(C(F)(F)P(=O)(OC(C)(C)C)OC(C)(C)C)cc1)(Cc1ccc(C(F)(F)P(=O)(OC(C)(C)C)OC(C)(C)C)cc1)C(=O)O.